The molecule has 0 N–H and O–H groups in total. The Morgan fingerprint density at radius 3 is 2.70 bits per heavy atom. The Morgan fingerprint density at radius 2 is 1.96 bits per heavy atom. The van der Waals surface area contributed by atoms with Crippen molar-refractivity contribution in [2.24, 2.45) is 0 Å². The third kappa shape index (κ3) is 3.55. The number of aromatic nitrogens is 1. The summed E-state index contributed by atoms with van der Waals surface area (Å²) in [5, 5.41) is 0. The van der Waals surface area contributed by atoms with Crippen molar-refractivity contribution in [1.29, 1.82) is 0 Å². The highest BCUT2D eigenvalue weighted by atomic mass is 16.6. The first-order valence-electron chi connectivity index (χ1n) is 8.98. The molecular weight excluding hydrogens is 346 g/mol. The van der Waals surface area contributed by atoms with E-state index in [1.54, 1.807) is 20.4 Å². The van der Waals surface area contributed by atoms with Crippen molar-refractivity contribution < 1.29 is 19.0 Å². The molecule has 0 bridgehead atoms. The van der Waals surface area contributed by atoms with E-state index in [9.17, 15) is 4.79 Å². The van der Waals surface area contributed by atoms with Gasteiger partial charge in [0.1, 0.15) is 6.10 Å². The highest BCUT2D eigenvalue weighted by Gasteiger charge is 2.47. The van der Waals surface area contributed by atoms with Gasteiger partial charge in [-0.05, 0) is 29.8 Å². The van der Waals surface area contributed by atoms with Gasteiger partial charge in [-0.25, -0.2) is 4.79 Å². The average molecular weight is 369 g/mol. The summed E-state index contributed by atoms with van der Waals surface area (Å²) in [7, 11) is 3.21. The number of nitrogens with zero attached hydrogens (tertiary/aromatic N) is 3. The Kier molecular flexibility index (Phi) is 4.85. The van der Waals surface area contributed by atoms with Gasteiger partial charge in [-0.2, -0.15) is 0 Å². The molecule has 2 saturated heterocycles. The molecule has 27 heavy (non-hydrogen) atoms. The number of methoxy groups -OCH3 is 2. The molecule has 1 amide bonds. The fraction of sp³-hybridized carbons (Fsp3) is 0.400. The number of likely N-dealkylation sites (tertiary alicyclic amines) is 1. The number of ether oxygens (including phenoxy) is 3. The quantitative estimate of drug-likeness (QED) is 0.779. The Balaban J connectivity index is 1.45. The lowest BCUT2D eigenvalue weighted by atomic mass is 10.1. The van der Waals surface area contributed by atoms with Gasteiger partial charge in [0.15, 0.2) is 11.5 Å². The van der Waals surface area contributed by atoms with Crippen molar-refractivity contribution in [1.82, 2.24) is 14.8 Å². The molecule has 2 aliphatic heterocycles. The predicted molar refractivity (Wildman–Crippen MR) is 98.7 cm³/mol. The van der Waals surface area contributed by atoms with Crippen molar-refractivity contribution in [3.8, 4) is 11.5 Å². The summed E-state index contributed by atoms with van der Waals surface area (Å²) < 4.78 is 16.3. The molecule has 0 aliphatic carbocycles. The second-order valence-corrected chi connectivity index (χ2v) is 6.82. The van der Waals surface area contributed by atoms with Gasteiger partial charge in [0.25, 0.3) is 0 Å². The highest BCUT2D eigenvalue weighted by molar-refractivity contribution is 5.71. The van der Waals surface area contributed by atoms with E-state index >= 15 is 0 Å². The molecule has 0 radical (unpaired) electrons. The number of pyridine rings is 1. The second kappa shape index (κ2) is 7.44. The Hall–Kier alpha value is -2.80. The highest BCUT2D eigenvalue weighted by Crippen LogP contribution is 2.32. The van der Waals surface area contributed by atoms with E-state index < -0.39 is 0 Å². The molecule has 4 rings (SSSR count). The summed E-state index contributed by atoms with van der Waals surface area (Å²) in [5.41, 5.74) is 2.00. The lowest BCUT2D eigenvalue weighted by molar-refractivity contribution is 0.119. The molecule has 142 valence electrons. The number of carbonyl (C=O) groups excluding carboxylic acids is 1. The van der Waals surface area contributed by atoms with Gasteiger partial charge in [0.05, 0.1) is 26.0 Å². The largest absolute Gasteiger partial charge is 0.493 e. The monoisotopic (exact) mass is 369 g/mol. The summed E-state index contributed by atoms with van der Waals surface area (Å²) in [6, 6.07) is 11.7. The molecule has 1 aromatic heterocycles. The Labute approximate surface area is 158 Å². The molecule has 1 aromatic carbocycles. The number of amides is 1. The van der Waals surface area contributed by atoms with Gasteiger partial charge in [-0.3, -0.25) is 14.8 Å². The summed E-state index contributed by atoms with van der Waals surface area (Å²) in [6.45, 7) is 2.75. The molecule has 2 aromatic rings. The molecule has 7 heteroatoms. The summed E-state index contributed by atoms with van der Waals surface area (Å²) in [5.74, 6) is 1.33. The van der Waals surface area contributed by atoms with Crippen LogP contribution in [0.25, 0.3) is 0 Å². The molecule has 0 saturated carbocycles. The zero-order valence-electron chi connectivity index (χ0n) is 15.5. The lowest BCUT2D eigenvalue weighted by Gasteiger charge is -2.22. The maximum absolute atomic E-state index is 12.4. The van der Waals surface area contributed by atoms with Crippen LogP contribution in [-0.2, 0) is 17.8 Å². The maximum Gasteiger partial charge on any atom is 0.410 e. The van der Waals surface area contributed by atoms with E-state index in [1.165, 1.54) is 0 Å². The van der Waals surface area contributed by atoms with Crippen LogP contribution in [0.5, 0.6) is 11.5 Å². The fourth-order valence-electron chi connectivity index (χ4n) is 3.79. The standard InChI is InChI=1S/C20H23N3O4/c1-25-17-7-6-14(9-18(17)26-2)10-23-16-12-22(13-19(16)27-20(23)24)11-15-5-3-4-8-21-15/h3-9,16,19H,10-13H2,1-2H3/t16-,19+/m0/s1. The van der Waals surface area contributed by atoms with Crippen LogP contribution in [-0.4, -0.2) is 60.3 Å². The van der Waals surface area contributed by atoms with Crippen LogP contribution in [0.4, 0.5) is 4.79 Å². The van der Waals surface area contributed by atoms with Gasteiger partial charge in [0, 0.05) is 32.4 Å². The average Bonchev–Trinajstić information content (AvgIpc) is 3.20. The van der Waals surface area contributed by atoms with Crippen molar-refractivity contribution in [3.05, 3.63) is 53.9 Å². The van der Waals surface area contributed by atoms with Crippen LogP contribution in [0.3, 0.4) is 0 Å². The fourth-order valence-corrected chi connectivity index (χ4v) is 3.79. The molecule has 0 spiro atoms. The third-order valence-electron chi connectivity index (χ3n) is 5.11. The van der Waals surface area contributed by atoms with Gasteiger partial charge < -0.3 is 14.2 Å². The van der Waals surface area contributed by atoms with E-state index in [1.807, 2.05) is 41.3 Å². The van der Waals surface area contributed by atoms with E-state index in [0.717, 1.165) is 30.9 Å². The number of fused-ring (bicyclic) bond motifs is 1. The predicted octanol–water partition coefficient (Wildman–Crippen LogP) is 2.30. The third-order valence-corrected chi connectivity index (χ3v) is 5.11. The SMILES string of the molecule is COc1ccc(CN2C(=O)O[C@@H]3CN(Cc4ccccn4)C[C@@H]32)cc1OC. The first-order chi connectivity index (χ1) is 13.2. The van der Waals surface area contributed by atoms with E-state index in [0.29, 0.717) is 18.0 Å². The van der Waals surface area contributed by atoms with Gasteiger partial charge in [-0.1, -0.05) is 12.1 Å². The Bertz CT molecular complexity index is 814. The summed E-state index contributed by atoms with van der Waals surface area (Å²) in [4.78, 5) is 20.8. The first kappa shape index (κ1) is 17.6. The number of carbonyl (C=O) groups is 1. The van der Waals surface area contributed by atoms with Crippen LogP contribution < -0.4 is 9.47 Å². The summed E-state index contributed by atoms with van der Waals surface area (Å²) >= 11 is 0. The minimum Gasteiger partial charge on any atom is -0.493 e. The number of rotatable bonds is 6. The van der Waals surface area contributed by atoms with Crippen molar-refractivity contribution >= 4 is 6.09 Å². The number of hydrogen-bond donors (Lipinski definition) is 0. The number of hydrogen-bond acceptors (Lipinski definition) is 6. The van der Waals surface area contributed by atoms with Crippen molar-refractivity contribution in [2.45, 2.75) is 25.2 Å². The van der Waals surface area contributed by atoms with Crippen LogP contribution in [0.15, 0.2) is 42.6 Å². The Morgan fingerprint density at radius 1 is 1.11 bits per heavy atom. The summed E-state index contributed by atoms with van der Waals surface area (Å²) in [6.07, 6.45) is 1.45. The molecule has 2 atom stereocenters. The smallest absolute Gasteiger partial charge is 0.410 e. The maximum atomic E-state index is 12.4. The molecule has 0 unspecified atom stereocenters. The van der Waals surface area contributed by atoms with Crippen molar-refractivity contribution in [2.75, 3.05) is 27.3 Å². The molecule has 2 fully saturated rings. The zero-order chi connectivity index (χ0) is 18.8. The topological polar surface area (TPSA) is 64.1 Å². The first-order valence-corrected chi connectivity index (χ1v) is 8.98. The zero-order valence-corrected chi connectivity index (χ0v) is 15.5. The molecule has 7 nitrogen and oxygen atoms in total. The minimum atomic E-state index is -0.253. The van der Waals surface area contributed by atoms with E-state index in [2.05, 4.69) is 9.88 Å². The molecular formula is C20H23N3O4. The van der Waals surface area contributed by atoms with Gasteiger partial charge >= 0.3 is 6.09 Å². The van der Waals surface area contributed by atoms with Crippen LogP contribution in [0.1, 0.15) is 11.3 Å². The molecule has 3 heterocycles. The van der Waals surface area contributed by atoms with Crippen LogP contribution in [0, 0.1) is 0 Å². The van der Waals surface area contributed by atoms with Gasteiger partial charge in [-0.15, -0.1) is 0 Å². The lowest BCUT2D eigenvalue weighted by Crippen LogP contribution is -2.37. The van der Waals surface area contributed by atoms with Crippen LogP contribution >= 0.6 is 0 Å². The molecule has 2 aliphatic rings. The minimum absolute atomic E-state index is 0.0503. The van der Waals surface area contributed by atoms with E-state index in [4.69, 9.17) is 14.2 Å². The van der Waals surface area contributed by atoms with Gasteiger partial charge in [0.2, 0.25) is 0 Å². The van der Waals surface area contributed by atoms with Crippen molar-refractivity contribution in [3.63, 3.8) is 0 Å². The number of benzene rings is 1. The van der Waals surface area contributed by atoms with Crippen LogP contribution in [0.2, 0.25) is 0 Å². The second-order valence-electron chi connectivity index (χ2n) is 6.82. The van der Waals surface area contributed by atoms with E-state index in [-0.39, 0.29) is 18.2 Å². The normalized spacial score (nSPS) is 21.9.